The normalized spacial score (nSPS) is 26.9. The summed E-state index contributed by atoms with van der Waals surface area (Å²) < 4.78 is 29.8. The van der Waals surface area contributed by atoms with Crippen molar-refractivity contribution in [2.24, 2.45) is 0 Å². The maximum absolute atomic E-state index is 14.6. The second-order valence-corrected chi connectivity index (χ2v) is 14.4. The van der Waals surface area contributed by atoms with Crippen LogP contribution in [0.3, 0.4) is 0 Å². The van der Waals surface area contributed by atoms with Crippen LogP contribution in [-0.4, -0.2) is 87.5 Å². The number of aryl methyl sites for hydroxylation is 1. The number of alkyl halides is 1. The molecule has 8 rings (SSSR count). The molecule has 6 heterocycles. The molecule has 3 atom stereocenters. The highest BCUT2D eigenvalue weighted by Gasteiger charge is 2.50. The second kappa shape index (κ2) is 11.2. The van der Waals surface area contributed by atoms with Gasteiger partial charge in [-0.1, -0.05) is 23.7 Å². The maximum Gasteiger partial charge on any atom is 0.318 e. The summed E-state index contributed by atoms with van der Waals surface area (Å²) in [6.07, 6.45) is 4.76. The van der Waals surface area contributed by atoms with Crippen molar-refractivity contribution in [2.75, 3.05) is 45.2 Å². The summed E-state index contributed by atoms with van der Waals surface area (Å²) in [6, 6.07) is 6.41. The third kappa shape index (κ3) is 4.80. The van der Waals surface area contributed by atoms with Crippen LogP contribution in [0.25, 0.3) is 0 Å². The number of carbonyl (C=O) groups excluding carboxylic acids is 1. The Morgan fingerprint density at radius 2 is 2.04 bits per heavy atom. The quantitative estimate of drug-likeness (QED) is 0.396. The molecule has 10 nitrogen and oxygen atoms in total. The largest absolute Gasteiger partial charge is 0.461 e. The first-order valence-electron chi connectivity index (χ1n) is 16.5. The van der Waals surface area contributed by atoms with Crippen LogP contribution in [0.4, 0.5) is 10.2 Å². The van der Waals surface area contributed by atoms with Crippen molar-refractivity contribution in [1.29, 1.82) is 0 Å². The van der Waals surface area contributed by atoms with Crippen molar-refractivity contribution in [1.82, 2.24) is 29.5 Å². The number of hydrogen-bond acceptors (Lipinski definition) is 8. The number of halogens is 2. The van der Waals surface area contributed by atoms with Gasteiger partial charge in [0, 0.05) is 62.7 Å². The Balaban J connectivity index is 1.17. The van der Waals surface area contributed by atoms with E-state index in [1.54, 1.807) is 19.0 Å². The summed E-state index contributed by atoms with van der Waals surface area (Å²) in [5, 5.41) is 5.50. The van der Waals surface area contributed by atoms with Crippen molar-refractivity contribution in [2.45, 2.75) is 88.9 Å². The fourth-order valence-electron chi connectivity index (χ4n) is 8.57. The lowest BCUT2D eigenvalue weighted by Crippen LogP contribution is -2.43. The van der Waals surface area contributed by atoms with Crippen LogP contribution >= 0.6 is 11.6 Å². The van der Waals surface area contributed by atoms with Crippen LogP contribution in [0.15, 0.2) is 18.2 Å². The Morgan fingerprint density at radius 3 is 2.89 bits per heavy atom. The van der Waals surface area contributed by atoms with Crippen molar-refractivity contribution >= 4 is 23.3 Å². The van der Waals surface area contributed by atoms with Gasteiger partial charge in [0.05, 0.1) is 35.7 Å². The molecule has 3 aromatic rings. The lowest BCUT2D eigenvalue weighted by Gasteiger charge is -2.37. The molecule has 46 heavy (non-hydrogen) atoms. The van der Waals surface area contributed by atoms with E-state index in [0.717, 1.165) is 89.7 Å². The van der Waals surface area contributed by atoms with Crippen LogP contribution in [0, 0.1) is 6.92 Å². The SMILES string of the molecule is Cc1c(C(=O)N(C)C)nn2c1CN(c1nc(OC[C@@]34CCCN3C[C@H](F)C4)nc3c1CO[C@@]1(CCc4c(Cl)cccc41)C3)CCC2. The summed E-state index contributed by atoms with van der Waals surface area (Å²) in [5.74, 6) is 0.697. The van der Waals surface area contributed by atoms with Crippen molar-refractivity contribution in [3.05, 3.63) is 62.6 Å². The van der Waals surface area contributed by atoms with Gasteiger partial charge in [-0.2, -0.15) is 15.1 Å². The molecule has 244 valence electrons. The average molecular weight is 650 g/mol. The summed E-state index contributed by atoms with van der Waals surface area (Å²) in [4.78, 5) is 29.1. The van der Waals surface area contributed by atoms with Gasteiger partial charge in [-0.3, -0.25) is 14.4 Å². The summed E-state index contributed by atoms with van der Waals surface area (Å²) >= 11 is 6.62. The van der Waals surface area contributed by atoms with E-state index in [-0.39, 0.29) is 11.4 Å². The molecule has 0 unspecified atom stereocenters. The van der Waals surface area contributed by atoms with Gasteiger partial charge in [-0.15, -0.1) is 0 Å². The summed E-state index contributed by atoms with van der Waals surface area (Å²) in [7, 11) is 3.50. The van der Waals surface area contributed by atoms with Gasteiger partial charge in [0.25, 0.3) is 5.91 Å². The maximum atomic E-state index is 14.6. The van der Waals surface area contributed by atoms with Crippen LogP contribution in [-0.2, 0) is 42.9 Å². The number of amides is 1. The molecular formula is C34H41ClFN7O3. The van der Waals surface area contributed by atoms with E-state index in [9.17, 15) is 9.18 Å². The molecule has 1 spiro atoms. The molecule has 0 N–H and O–H groups in total. The zero-order valence-corrected chi connectivity index (χ0v) is 27.6. The van der Waals surface area contributed by atoms with Crippen LogP contribution in [0.5, 0.6) is 6.01 Å². The van der Waals surface area contributed by atoms with Gasteiger partial charge >= 0.3 is 6.01 Å². The van der Waals surface area contributed by atoms with Crippen molar-refractivity contribution in [3.8, 4) is 6.01 Å². The zero-order chi connectivity index (χ0) is 31.8. The predicted molar refractivity (Wildman–Crippen MR) is 171 cm³/mol. The summed E-state index contributed by atoms with van der Waals surface area (Å²) in [5.41, 5.74) is 5.77. The molecule has 2 aromatic heterocycles. The minimum Gasteiger partial charge on any atom is -0.461 e. The molecule has 0 radical (unpaired) electrons. The average Bonchev–Trinajstić information content (AvgIpc) is 3.71. The Kier molecular flexibility index (Phi) is 7.30. The Hall–Kier alpha value is -3.28. The van der Waals surface area contributed by atoms with E-state index in [1.807, 2.05) is 23.7 Å². The van der Waals surface area contributed by atoms with Crippen LogP contribution < -0.4 is 9.64 Å². The first kappa shape index (κ1) is 30.1. The molecule has 1 amide bonds. The highest BCUT2D eigenvalue weighted by molar-refractivity contribution is 6.31. The van der Waals surface area contributed by atoms with Crippen molar-refractivity contribution in [3.63, 3.8) is 0 Å². The first-order valence-corrected chi connectivity index (χ1v) is 16.9. The molecule has 12 heteroatoms. The highest BCUT2D eigenvalue weighted by Crippen LogP contribution is 2.49. The smallest absolute Gasteiger partial charge is 0.318 e. The minimum atomic E-state index is -0.829. The van der Waals surface area contributed by atoms with Gasteiger partial charge in [0.15, 0.2) is 5.69 Å². The fraction of sp³-hybridized carbons (Fsp3) is 0.588. The number of nitrogens with zero attached hydrogens (tertiary/aromatic N) is 7. The molecule has 1 aromatic carbocycles. The van der Waals surface area contributed by atoms with E-state index in [2.05, 4.69) is 15.9 Å². The first-order chi connectivity index (χ1) is 22.2. The molecule has 2 saturated heterocycles. The van der Waals surface area contributed by atoms with Gasteiger partial charge in [-0.25, -0.2) is 4.39 Å². The monoisotopic (exact) mass is 649 g/mol. The lowest BCUT2D eigenvalue weighted by atomic mass is 9.87. The third-order valence-electron chi connectivity index (χ3n) is 11.0. The number of benzene rings is 1. The number of rotatable bonds is 5. The Morgan fingerprint density at radius 1 is 1.17 bits per heavy atom. The Labute approximate surface area is 273 Å². The number of fused-ring (bicyclic) bond motifs is 5. The van der Waals surface area contributed by atoms with E-state index in [1.165, 1.54) is 0 Å². The van der Waals surface area contributed by atoms with E-state index < -0.39 is 11.8 Å². The molecular weight excluding hydrogens is 609 g/mol. The van der Waals surface area contributed by atoms with Gasteiger partial charge in [0.2, 0.25) is 0 Å². The van der Waals surface area contributed by atoms with E-state index >= 15 is 0 Å². The van der Waals surface area contributed by atoms with Crippen LogP contribution in [0.2, 0.25) is 5.02 Å². The number of ether oxygens (including phenoxy) is 2. The Bertz CT molecular complexity index is 1710. The molecule has 0 bridgehead atoms. The highest BCUT2D eigenvalue weighted by atomic mass is 35.5. The number of anilines is 1. The van der Waals surface area contributed by atoms with Crippen molar-refractivity contribution < 1.29 is 18.7 Å². The minimum absolute atomic E-state index is 0.0990. The predicted octanol–water partition coefficient (Wildman–Crippen LogP) is 4.62. The fourth-order valence-corrected chi connectivity index (χ4v) is 8.84. The number of aromatic nitrogens is 4. The van der Waals surface area contributed by atoms with E-state index in [4.69, 9.17) is 36.1 Å². The number of carbonyl (C=O) groups is 1. The van der Waals surface area contributed by atoms with Gasteiger partial charge < -0.3 is 19.3 Å². The topological polar surface area (TPSA) is 88.9 Å². The molecule has 5 aliphatic rings. The van der Waals surface area contributed by atoms with Gasteiger partial charge in [-0.05, 0) is 62.8 Å². The van der Waals surface area contributed by atoms with Crippen LogP contribution in [0.1, 0.15) is 76.2 Å². The molecule has 0 saturated carbocycles. The van der Waals surface area contributed by atoms with E-state index in [0.29, 0.717) is 57.4 Å². The second-order valence-electron chi connectivity index (χ2n) is 14.0. The molecule has 4 aliphatic heterocycles. The lowest BCUT2D eigenvalue weighted by molar-refractivity contribution is -0.0730. The zero-order valence-electron chi connectivity index (χ0n) is 26.8. The number of hydrogen-bond donors (Lipinski definition) is 0. The van der Waals surface area contributed by atoms with Gasteiger partial charge in [0.1, 0.15) is 18.6 Å². The third-order valence-corrected chi connectivity index (χ3v) is 11.3. The molecule has 1 aliphatic carbocycles. The standard InChI is InChI=1S/C34H41ClFN7O3/c1-21-28-18-41(12-6-14-43(28)39-29(21)31(44)40(2)3)30-24-19-46-34(11-9-23-25(34)7-4-8-26(23)35)16-27(24)37-32(38-30)45-20-33-10-5-13-42(33)17-22(36)15-33/h4,7-8,22H,5-6,9-20H2,1-3H3/t22-,33+,34+/m1/s1. The molecule has 2 fully saturated rings. The summed E-state index contributed by atoms with van der Waals surface area (Å²) in [6.45, 7) is 6.11.